The molecule has 0 aromatic heterocycles. The normalized spacial score (nSPS) is 57.0. The molecule has 0 amide bonds. The van der Waals surface area contributed by atoms with Gasteiger partial charge in [-0.25, -0.2) is 0 Å². The molecule has 5 aliphatic heterocycles. The maximum atomic E-state index is 10.3. The van der Waals surface area contributed by atoms with Gasteiger partial charge in [0, 0.05) is 5.92 Å². The zero-order valence-electron chi connectivity index (χ0n) is 25.4. The molecule has 4 aliphatic carbocycles. The Kier molecular flexibility index (Phi) is 7.33. The molecule has 0 aromatic rings. The Hall–Kier alpha value is -0.830. The van der Waals surface area contributed by atoms with Crippen LogP contribution < -0.4 is 42.5 Å². The van der Waals surface area contributed by atoms with Crippen molar-refractivity contribution in [2.24, 2.45) is 53.3 Å². The molecular formula is C33H55N9. The molecule has 0 aromatic carbocycles. The van der Waals surface area contributed by atoms with Crippen molar-refractivity contribution in [1.82, 2.24) is 42.5 Å². The van der Waals surface area contributed by atoms with Crippen LogP contribution >= 0.6 is 0 Å². The summed E-state index contributed by atoms with van der Waals surface area (Å²) >= 11 is 0. The second-order valence-corrected chi connectivity index (χ2v) is 15.9. The van der Waals surface area contributed by atoms with Crippen LogP contribution in [0.2, 0.25) is 0 Å². The van der Waals surface area contributed by atoms with E-state index >= 15 is 0 Å². The van der Waals surface area contributed by atoms with E-state index in [0.29, 0.717) is 84.3 Å². The van der Waals surface area contributed by atoms with E-state index in [1.165, 1.54) is 89.9 Å². The summed E-state index contributed by atoms with van der Waals surface area (Å²) < 4.78 is 0. The molecule has 17 atom stereocenters. The summed E-state index contributed by atoms with van der Waals surface area (Å²) in [4.78, 5) is 0. The number of nitriles is 1. The summed E-state index contributed by atoms with van der Waals surface area (Å²) in [6.45, 7) is 0. The van der Waals surface area contributed by atoms with E-state index in [2.05, 4.69) is 48.6 Å². The third-order valence-corrected chi connectivity index (χ3v) is 14.1. The summed E-state index contributed by atoms with van der Waals surface area (Å²) in [5.74, 6) is 5.11. The molecule has 232 valence electrons. The summed E-state index contributed by atoms with van der Waals surface area (Å²) in [5.41, 5.74) is 0. The largest absolute Gasteiger partial charge is 0.286 e. The molecule has 9 nitrogen and oxygen atoms in total. The maximum Gasteiger partial charge on any atom is 0.0659 e. The van der Waals surface area contributed by atoms with E-state index in [1.807, 2.05) is 0 Å². The van der Waals surface area contributed by atoms with Crippen LogP contribution in [0.25, 0.3) is 0 Å². The highest BCUT2D eigenvalue weighted by molar-refractivity contribution is 5.10. The molecule has 5 heterocycles. The molecule has 8 bridgehead atoms. The molecule has 0 spiro atoms. The Morgan fingerprint density at radius 3 is 0.952 bits per heavy atom. The van der Waals surface area contributed by atoms with Gasteiger partial charge in [0.15, 0.2) is 0 Å². The van der Waals surface area contributed by atoms with Crippen molar-refractivity contribution < 1.29 is 0 Å². The molecule has 4 saturated carbocycles. The van der Waals surface area contributed by atoms with Gasteiger partial charge >= 0.3 is 0 Å². The van der Waals surface area contributed by atoms with Crippen LogP contribution in [0.1, 0.15) is 96.3 Å². The average Bonchev–Trinajstić information content (AvgIpc) is 3.76. The lowest BCUT2D eigenvalue weighted by Gasteiger charge is -2.37. The van der Waals surface area contributed by atoms with Crippen molar-refractivity contribution in [2.45, 2.75) is 146 Å². The van der Waals surface area contributed by atoms with Crippen LogP contribution in [-0.4, -0.2) is 49.3 Å². The third kappa shape index (κ3) is 4.54. The van der Waals surface area contributed by atoms with Gasteiger partial charge in [0.2, 0.25) is 0 Å². The van der Waals surface area contributed by atoms with E-state index in [4.69, 9.17) is 0 Å². The minimum absolute atomic E-state index is 0.136. The smallest absolute Gasteiger partial charge is 0.0659 e. The van der Waals surface area contributed by atoms with E-state index in [9.17, 15) is 5.26 Å². The van der Waals surface area contributed by atoms with Crippen molar-refractivity contribution in [3.63, 3.8) is 0 Å². The molecule has 8 N–H and O–H groups in total. The first-order chi connectivity index (χ1) is 20.7. The predicted octanol–water partition coefficient (Wildman–Crippen LogP) is 2.36. The van der Waals surface area contributed by atoms with E-state index < -0.39 is 0 Å². The lowest BCUT2D eigenvalue weighted by atomic mass is 9.72. The highest BCUT2D eigenvalue weighted by Crippen LogP contribution is 2.46. The van der Waals surface area contributed by atoms with Crippen molar-refractivity contribution in [3.8, 4) is 6.07 Å². The lowest BCUT2D eigenvalue weighted by molar-refractivity contribution is 0.148. The Balaban J connectivity index is 1.07. The maximum absolute atomic E-state index is 10.3. The van der Waals surface area contributed by atoms with E-state index in [0.717, 1.165) is 6.42 Å². The summed E-state index contributed by atoms with van der Waals surface area (Å²) in [5, 5.41) is 43.7. The molecule has 17 unspecified atom stereocenters. The van der Waals surface area contributed by atoms with Crippen molar-refractivity contribution in [3.05, 3.63) is 0 Å². The zero-order chi connectivity index (χ0) is 27.8. The fourth-order valence-corrected chi connectivity index (χ4v) is 12.2. The Morgan fingerprint density at radius 1 is 0.333 bits per heavy atom. The Labute approximate surface area is 252 Å². The Bertz CT molecular complexity index is 1030. The summed E-state index contributed by atoms with van der Waals surface area (Å²) in [6.07, 6.45) is 22.1. The molecule has 9 aliphatic rings. The van der Waals surface area contributed by atoms with Crippen LogP contribution in [0, 0.1) is 64.6 Å². The van der Waals surface area contributed by atoms with Gasteiger partial charge in [-0.2, -0.15) is 5.26 Å². The standard InChI is InChI=1S/C33H55N9/c34-16-17-8-7-15-24-25(17)33-41-31-23-14-6-5-13-22(23)29(39-31)37-27-19-10-2-1-9-18(19)26(35-27)36-28-20-11-3-4-12-21(20)30(38-28)40-32(24)42-33/h17-33,35-42H,1-15H2. The van der Waals surface area contributed by atoms with Gasteiger partial charge in [-0.15, -0.1) is 0 Å². The number of hydrogen-bond acceptors (Lipinski definition) is 9. The SMILES string of the molecule is N#CC1CCCC2C3NC4NC(NC5NC(NC6NC(NC(N3)C12)C1CCCCC61)C1CCCCC51)C1CCCCC41. The molecule has 9 fully saturated rings. The topological polar surface area (TPSA) is 120 Å². The Morgan fingerprint density at radius 2 is 0.619 bits per heavy atom. The molecular weight excluding hydrogens is 522 g/mol. The summed E-state index contributed by atoms with van der Waals surface area (Å²) in [7, 11) is 0. The summed E-state index contributed by atoms with van der Waals surface area (Å²) in [6, 6.07) is 2.77. The molecule has 0 radical (unpaired) electrons. The molecule has 9 heteroatoms. The first kappa shape index (κ1) is 27.5. The van der Waals surface area contributed by atoms with Gasteiger partial charge in [0.1, 0.15) is 0 Å². The fraction of sp³-hybridized carbons (Fsp3) is 0.970. The number of rotatable bonds is 0. The van der Waals surface area contributed by atoms with Gasteiger partial charge in [0.05, 0.1) is 61.3 Å². The highest BCUT2D eigenvalue weighted by atomic mass is 15.4. The first-order valence-corrected chi connectivity index (χ1v) is 18.2. The number of nitrogens with one attached hydrogen (secondary N) is 8. The first-order valence-electron chi connectivity index (χ1n) is 18.2. The minimum Gasteiger partial charge on any atom is -0.286 e. The molecule has 5 saturated heterocycles. The van der Waals surface area contributed by atoms with Crippen LogP contribution in [0.3, 0.4) is 0 Å². The van der Waals surface area contributed by atoms with Gasteiger partial charge in [-0.1, -0.05) is 44.9 Å². The van der Waals surface area contributed by atoms with Gasteiger partial charge in [-0.3, -0.25) is 42.5 Å². The second kappa shape index (κ2) is 11.2. The average molecular weight is 578 g/mol. The van der Waals surface area contributed by atoms with Crippen molar-refractivity contribution in [2.75, 3.05) is 0 Å². The van der Waals surface area contributed by atoms with Crippen LogP contribution in [0.5, 0.6) is 0 Å². The van der Waals surface area contributed by atoms with Gasteiger partial charge < -0.3 is 0 Å². The van der Waals surface area contributed by atoms with E-state index in [-0.39, 0.29) is 18.2 Å². The molecule has 42 heavy (non-hydrogen) atoms. The third-order valence-electron chi connectivity index (χ3n) is 14.1. The second-order valence-electron chi connectivity index (χ2n) is 15.9. The quantitative estimate of drug-likeness (QED) is 0.219. The van der Waals surface area contributed by atoms with Gasteiger partial charge in [0.25, 0.3) is 0 Å². The number of fused-ring (bicyclic) bond motifs is 20. The van der Waals surface area contributed by atoms with Crippen molar-refractivity contribution >= 4 is 0 Å². The zero-order valence-corrected chi connectivity index (χ0v) is 25.4. The minimum atomic E-state index is 0.136. The predicted molar refractivity (Wildman–Crippen MR) is 162 cm³/mol. The van der Waals surface area contributed by atoms with Crippen LogP contribution in [-0.2, 0) is 0 Å². The highest BCUT2D eigenvalue weighted by Gasteiger charge is 2.55. The van der Waals surface area contributed by atoms with Crippen LogP contribution in [0.15, 0.2) is 0 Å². The number of nitrogens with zero attached hydrogens (tertiary/aromatic N) is 1. The van der Waals surface area contributed by atoms with Crippen LogP contribution in [0.4, 0.5) is 0 Å². The van der Waals surface area contributed by atoms with Gasteiger partial charge in [-0.05, 0) is 92.8 Å². The monoisotopic (exact) mass is 577 g/mol. The lowest BCUT2D eigenvalue weighted by Crippen LogP contribution is -2.61. The fourth-order valence-electron chi connectivity index (χ4n) is 12.2. The number of hydrogen-bond donors (Lipinski definition) is 8. The van der Waals surface area contributed by atoms with Crippen molar-refractivity contribution in [1.29, 1.82) is 5.26 Å². The van der Waals surface area contributed by atoms with E-state index in [1.54, 1.807) is 0 Å². The molecule has 9 rings (SSSR count).